The zero-order valence-electron chi connectivity index (χ0n) is 9.94. The predicted octanol–water partition coefficient (Wildman–Crippen LogP) is 3.15. The lowest BCUT2D eigenvalue weighted by Gasteiger charge is -2.33. The second-order valence-electron chi connectivity index (χ2n) is 4.01. The number of halogens is 3. The first-order valence-electron chi connectivity index (χ1n) is 5.27. The van der Waals surface area contributed by atoms with Crippen molar-refractivity contribution >= 4 is 17.3 Å². The maximum absolute atomic E-state index is 12.8. The van der Waals surface area contributed by atoms with Crippen molar-refractivity contribution in [3.63, 3.8) is 0 Å². The minimum atomic E-state index is -4.56. The first-order chi connectivity index (χ1) is 8.23. The Balaban J connectivity index is 2.88. The van der Waals surface area contributed by atoms with Gasteiger partial charge in [-0.1, -0.05) is 6.07 Å². The lowest BCUT2D eigenvalue weighted by atomic mass is 10.1. The molecular weight excluding hydrogens is 267 g/mol. The van der Waals surface area contributed by atoms with Gasteiger partial charge >= 0.3 is 12.1 Å². The number of carboxylic acid groups (broad SMARTS) is 1. The van der Waals surface area contributed by atoms with Crippen molar-refractivity contribution in [3.8, 4) is 0 Å². The third-order valence-electron chi connectivity index (χ3n) is 2.80. The monoisotopic (exact) mass is 281 g/mol. The molecule has 0 spiro atoms. The molecule has 2 unspecified atom stereocenters. The molecule has 1 aromatic heterocycles. The van der Waals surface area contributed by atoms with E-state index in [-0.39, 0.29) is 0 Å². The van der Waals surface area contributed by atoms with Gasteiger partial charge in [0.05, 0.1) is 6.42 Å². The fourth-order valence-electron chi connectivity index (χ4n) is 1.66. The number of hydrogen-bond acceptors (Lipinski definition) is 3. The highest BCUT2D eigenvalue weighted by Gasteiger charge is 2.45. The predicted molar refractivity (Wildman–Crippen MR) is 62.6 cm³/mol. The molecule has 0 aliphatic heterocycles. The van der Waals surface area contributed by atoms with E-state index < -0.39 is 30.7 Å². The summed E-state index contributed by atoms with van der Waals surface area (Å²) in [5, 5.41) is 10.4. The first-order valence-corrected chi connectivity index (χ1v) is 6.15. The number of rotatable bonds is 5. The minimum Gasteiger partial charge on any atom is -0.481 e. The Morgan fingerprint density at radius 3 is 2.56 bits per heavy atom. The average Bonchev–Trinajstić information content (AvgIpc) is 2.75. The van der Waals surface area contributed by atoms with Gasteiger partial charge in [0, 0.05) is 10.9 Å². The molecule has 0 saturated carbocycles. The Kier molecular flexibility index (Phi) is 4.75. The third kappa shape index (κ3) is 3.71. The van der Waals surface area contributed by atoms with E-state index in [9.17, 15) is 18.0 Å². The molecule has 0 bridgehead atoms. The summed E-state index contributed by atoms with van der Waals surface area (Å²) in [5.74, 6) is -1.46. The lowest BCUT2D eigenvalue weighted by Crippen LogP contribution is -2.45. The summed E-state index contributed by atoms with van der Waals surface area (Å²) in [6.45, 7) is 1.63. The van der Waals surface area contributed by atoms with Crippen LogP contribution in [-0.2, 0) is 4.79 Å². The van der Waals surface area contributed by atoms with Crippen molar-refractivity contribution in [2.45, 2.75) is 31.6 Å². The molecule has 0 aliphatic carbocycles. The van der Waals surface area contributed by atoms with Crippen LogP contribution in [0, 0.1) is 0 Å². The standard InChI is InChI=1S/C11H14F3NO2S/c1-7(8-4-3-5-18-8)15(2)9(6-10(16)17)11(12,13)14/h3-5,7,9H,6H2,1-2H3,(H,16,17). The van der Waals surface area contributed by atoms with Crippen LogP contribution in [0.3, 0.4) is 0 Å². The van der Waals surface area contributed by atoms with Gasteiger partial charge in [0.15, 0.2) is 0 Å². The van der Waals surface area contributed by atoms with Crippen LogP contribution in [0.15, 0.2) is 17.5 Å². The van der Waals surface area contributed by atoms with E-state index in [1.807, 2.05) is 0 Å². The van der Waals surface area contributed by atoms with Crippen LogP contribution in [0.5, 0.6) is 0 Å². The van der Waals surface area contributed by atoms with E-state index in [0.29, 0.717) is 0 Å². The van der Waals surface area contributed by atoms with Crippen molar-refractivity contribution in [1.29, 1.82) is 0 Å². The summed E-state index contributed by atoms with van der Waals surface area (Å²) < 4.78 is 38.5. The lowest BCUT2D eigenvalue weighted by molar-refractivity contribution is -0.192. The highest BCUT2D eigenvalue weighted by molar-refractivity contribution is 7.10. The van der Waals surface area contributed by atoms with Crippen molar-refractivity contribution in [2.75, 3.05) is 7.05 Å². The fraction of sp³-hybridized carbons (Fsp3) is 0.545. The Morgan fingerprint density at radius 1 is 1.56 bits per heavy atom. The molecule has 0 amide bonds. The molecule has 0 saturated heterocycles. The number of hydrogen-bond donors (Lipinski definition) is 1. The third-order valence-corrected chi connectivity index (χ3v) is 3.85. The van der Waals surface area contributed by atoms with Gasteiger partial charge in [0.25, 0.3) is 0 Å². The summed E-state index contributed by atoms with van der Waals surface area (Å²) in [5.41, 5.74) is 0. The molecule has 2 atom stereocenters. The maximum Gasteiger partial charge on any atom is 0.404 e. The molecule has 0 radical (unpaired) electrons. The number of thiophene rings is 1. The van der Waals surface area contributed by atoms with E-state index in [1.165, 1.54) is 18.4 Å². The van der Waals surface area contributed by atoms with E-state index in [2.05, 4.69) is 0 Å². The molecule has 0 fully saturated rings. The van der Waals surface area contributed by atoms with Crippen molar-refractivity contribution in [3.05, 3.63) is 22.4 Å². The van der Waals surface area contributed by atoms with Crippen molar-refractivity contribution in [1.82, 2.24) is 4.90 Å². The van der Waals surface area contributed by atoms with E-state index in [0.717, 1.165) is 9.78 Å². The fourth-order valence-corrected chi connectivity index (χ4v) is 2.49. The smallest absolute Gasteiger partial charge is 0.404 e. The van der Waals surface area contributed by atoms with Crippen molar-refractivity contribution in [2.24, 2.45) is 0 Å². The van der Waals surface area contributed by atoms with Crippen LogP contribution < -0.4 is 0 Å². The van der Waals surface area contributed by atoms with E-state index >= 15 is 0 Å². The summed E-state index contributed by atoms with van der Waals surface area (Å²) in [4.78, 5) is 12.4. The van der Waals surface area contributed by atoms with Crippen LogP contribution in [0.25, 0.3) is 0 Å². The summed E-state index contributed by atoms with van der Waals surface area (Å²) in [7, 11) is 1.30. The van der Waals surface area contributed by atoms with E-state index in [1.54, 1.807) is 24.4 Å². The number of alkyl halides is 3. The normalized spacial score (nSPS) is 15.7. The molecule has 1 N–H and O–H groups in total. The highest BCUT2D eigenvalue weighted by Crippen LogP contribution is 2.33. The molecule has 1 heterocycles. The average molecular weight is 281 g/mol. The molecule has 102 valence electrons. The SMILES string of the molecule is CC(c1cccs1)N(C)C(CC(=O)O)C(F)(F)F. The van der Waals surface area contributed by atoms with Crippen molar-refractivity contribution < 1.29 is 23.1 Å². The molecule has 1 rings (SSSR count). The van der Waals surface area contributed by atoms with Gasteiger partial charge in [-0.25, -0.2) is 0 Å². The Bertz CT molecular complexity index is 391. The van der Waals surface area contributed by atoms with Gasteiger partial charge in [0.2, 0.25) is 0 Å². The topological polar surface area (TPSA) is 40.5 Å². The van der Waals surface area contributed by atoms with Gasteiger partial charge in [-0.3, -0.25) is 9.69 Å². The van der Waals surface area contributed by atoms with Gasteiger partial charge in [0.1, 0.15) is 6.04 Å². The summed E-state index contributed by atoms with van der Waals surface area (Å²) >= 11 is 1.35. The first kappa shape index (κ1) is 15.0. The molecule has 1 aromatic rings. The number of aliphatic carboxylic acids is 1. The Hall–Kier alpha value is -1.08. The summed E-state index contributed by atoms with van der Waals surface area (Å²) in [6.07, 6.45) is -5.51. The minimum absolute atomic E-state index is 0.476. The van der Waals surface area contributed by atoms with E-state index in [4.69, 9.17) is 5.11 Å². The molecule has 0 aliphatic rings. The van der Waals surface area contributed by atoms with Gasteiger partial charge < -0.3 is 5.11 Å². The number of carboxylic acids is 1. The van der Waals surface area contributed by atoms with Gasteiger partial charge in [-0.05, 0) is 25.4 Å². The molecule has 0 aromatic carbocycles. The maximum atomic E-state index is 12.8. The second-order valence-corrected chi connectivity index (χ2v) is 4.99. The van der Waals surface area contributed by atoms with Gasteiger partial charge in [-0.2, -0.15) is 13.2 Å². The number of carbonyl (C=O) groups is 1. The summed E-state index contributed by atoms with van der Waals surface area (Å²) in [6, 6.07) is 1.03. The number of nitrogens with zero attached hydrogens (tertiary/aromatic N) is 1. The Labute approximate surface area is 107 Å². The van der Waals surface area contributed by atoms with Crippen LogP contribution >= 0.6 is 11.3 Å². The zero-order valence-corrected chi connectivity index (χ0v) is 10.8. The zero-order chi connectivity index (χ0) is 13.9. The van der Waals surface area contributed by atoms with Crippen LogP contribution in [-0.4, -0.2) is 35.2 Å². The quantitative estimate of drug-likeness (QED) is 0.901. The molecular formula is C11H14F3NO2S. The van der Waals surface area contributed by atoms with Crippen LogP contribution in [0.2, 0.25) is 0 Å². The van der Waals surface area contributed by atoms with Crippen LogP contribution in [0.1, 0.15) is 24.3 Å². The second kappa shape index (κ2) is 5.71. The van der Waals surface area contributed by atoms with Crippen LogP contribution in [0.4, 0.5) is 13.2 Å². The highest BCUT2D eigenvalue weighted by atomic mass is 32.1. The Morgan fingerprint density at radius 2 is 2.17 bits per heavy atom. The molecule has 18 heavy (non-hydrogen) atoms. The molecule has 7 heteroatoms. The molecule has 3 nitrogen and oxygen atoms in total. The van der Waals surface area contributed by atoms with Gasteiger partial charge in [-0.15, -0.1) is 11.3 Å². The largest absolute Gasteiger partial charge is 0.481 e.